The Hall–Kier alpha value is -1.94. The van der Waals surface area contributed by atoms with Gasteiger partial charge in [-0.3, -0.25) is 4.79 Å². The summed E-state index contributed by atoms with van der Waals surface area (Å²) >= 11 is 1.56. The summed E-state index contributed by atoms with van der Waals surface area (Å²) in [5.74, 6) is 1.82. The third kappa shape index (κ3) is 5.64. The van der Waals surface area contributed by atoms with E-state index in [1.807, 2.05) is 24.3 Å². The second kappa shape index (κ2) is 8.63. The van der Waals surface area contributed by atoms with E-state index in [1.165, 1.54) is 5.56 Å². The molecule has 4 heteroatoms. The Kier molecular flexibility index (Phi) is 6.53. The molecular weight excluding hydrogens is 306 g/mol. The molecule has 0 saturated carbocycles. The lowest BCUT2D eigenvalue weighted by Crippen LogP contribution is -2.24. The molecule has 2 aromatic rings. The minimum absolute atomic E-state index is 0.0405. The Labute approximate surface area is 142 Å². The van der Waals surface area contributed by atoms with Crippen LogP contribution in [-0.2, 0) is 11.3 Å². The largest absolute Gasteiger partial charge is 0.497 e. The molecule has 0 heterocycles. The first-order valence-corrected chi connectivity index (χ1v) is 8.69. The van der Waals surface area contributed by atoms with Crippen molar-refractivity contribution in [2.75, 3.05) is 12.9 Å². The maximum absolute atomic E-state index is 11.9. The molecule has 0 atom stereocenters. The Bertz CT molecular complexity index is 621. The van der Waals surface area contributed by atoms with Gasteiger partial charge in [0.2, 0.25) is 5.91 Å². The zero-order valence-corrected chi connectivity index (χ0v) is 14.7. The van der Waals surface area contributed by atoms with Gasteiger partial charge in [0.15, 0.2) is 0 Å². The fourth-order valence-corrected chi connectivity index (χ4v) is 2.82. The number of carbonyl (C=O) groups is 1. The van der Waals surface area contributed by atoms with Crippen LogP contribution in [0.5, 0.6) is 5.75 Å². The molecule has 1 N–H and O–H groups in total. The topological polar surface area (TPSA) is 38.3 Å². The molecule has 0 unspecified atom stereocenters. The number of rotatable bonds is 7. The van der Waals surface area contributed by atoms with Crippen LogP contribution in [0.15, 0.2) is 53.4 Å². The number of amides is 1. The van der Waals surface area contributed by atoms with Crippen molar-refractivity contribution in [2.24, 2.45) is 0 Å². The fourth-order valence-electron chi connectivity index (χ4n) is 2.09. The SMILES string of the molecule is COc1ccc(CNC(=O)CSc2ccc(C(C)C)cc2)cc1. The minimum Gasteiger partial charge on any atom is -0.497 e. The first kappa shape index (κ1) is 17.4. The lowest BCUT2D eigenvalue weighted by molar-refractivity contribution is -0.118. The zero-order chi connectivity index (χ0) is 16.7. The maximum atomic E-state index is 11.9. The smallest absolute Gasteiger partial charge is 0.230 e. The average Bonchev–Trinajstić information content (AvgIpc) is 2.59. The van der Waals surface area contributed by atoms with Gasteiger partial charge in [-0.2, -0.15) is 0 Å². The summed E-state index contributed by atoms with van der Waals surface area (Å²) in [5, 5.41) is 2.94. The van der Waals surface area contributed by atoms with E-state index in [-0.39, 0.29) is 5.91 Å². The van der Waals surface area contributed by atoms with Crippen LogP contribution in [-0.4, -0.2) is 18.8 Å². The third-order valence-corrected chi connectivity index (χ3v) is 4.58. The van der Waals surface area contributed by atoms with Crippen molar-refractivity contribution in [3.8, 4) is 5.75 Å². The van der Waals surface area contributed by atoms with Gasteiger partial charge < -0.3 is 10.1 Å². The van der Waals surface area contributed by atoms with Crippen molar-refractivity contribution in [1.82, 2.24) is 5.32 Å². The number of nitrogens with one attached hydrogen (secondary N) is 1. The number of hydrogen-bond donors (Lipinski definition) is 1. The highest BCUT2D eigenvalue weighted by Gasteiger charge is 2.04. The summed E-state index contributed by atoms with van der Waals surface area (Å²) < 4.78 is 5.11. The summed E-state index contributed by atoms with van der Waals surface area (Å²) in [4.78, 5) is 13.1. The molecule has 0 bridgehead atoms. The van der Waals surface area contributed by atoms with Gasteiger partial charge in [-0.25, -0.2) is 0 Å². The molecule has 0 aliphatic rings. The molecule has 0 aliphatic carbocycles. The van der Waals surface area contributed by atoms with E-state index in [4.69, 9.17) is 4.74 Å². The van der Waals surface area contributed by atoms with Crippen LogP contribution in [0.3, 0.4) is 0 Å². The zero-order valence-electron chi connectivity index (χ0n) is 13.8. The van der Waals surface area contributed by atoms with Crippen LogP contribution in [0, 0.1) is 0 Å². The van der Waals surface area contributed by atoms with E-state index >= 15 is 0 Å². The van der Waals surface area contributed by atoms with Crippen molar-refractivity contribution in [1.29, 1.82) is 0 Å². The summed E-state index contributed by atoms with van der Waals surface area (Å²) in [7, 11) is 1.64. The van der Waals surface area contributed by atoms with E-state index in [1.54, 1.807) is 18.9 Å². The van der Waals surface area contributed by atoms with Crippen molar-refractivity contribution >= 4 is 17.7 Å². The second-order valence-electron chi connectivity index (χ2n) is 5.64. The van der Waals surface area contributed by atoms with Gasteiger partial charge in [0, 0.05) is 11.4 Å². The van der Waals surface area contributed by atoms with Crippen LogP contribution in [0.1, 0.15) is 30.9 Å². The van der Waals surface area contributed by atoms with Crippen molar-refractivity contribution in [3.05, 3.63) is 59.7 Å². The van der Waals surface area contributed by atoms with Crippen molar-refractivity contribution in [2.45, 2.75) is 31.2 Å². The van der Waals surface area contributed by atoms with E-state index < -0.39 is 0 Å². The summed E-state index contributed by atoms with van der Waals surface area (Å²) in [6, 6.07) is 16.1. The van der Waals surface area contributed by atoms with Gasteiger partial charge in [0.1, 0.15) is 5.75 Å². The van der Waals surface area contributed by atoms with Crippen LogP contribution >= 0.6 is 11.8 Å². The predicted molar refractivity (Wildman–Crippen MR) is 96.1 cm³/mol. The van der Waals surface area contributed by atoms with E-state index in [0.29, 0.717) is 18.2 Å². The van der Waals surface area contributed by atoms with Gasteiger partial charge in [-0.15, -0.1) is 11.8 Å². The maximum Gasteiger partial charge on any atom is 0.230 e. The minimum atomic E-state index is 0.0405. The molecule has 0 spiro atoms. The first-order valence-electron chi connectivity index (χ1n) is 7.71. The Balaban J connectivity index is 1.76. The number of hydrogen-bond acceptors (Lipinski definition) is 3. The van der Waals surface area contributed by atoms with Crippen LogP contribution < -0.4 is 10.1 Å². The number of ether oxygens (including phenoxy) is 1. The molecule has 0 aromatic heterocycles. The molecule has 122 valence electrons. The monoisotopic (exact) mass is 329 g/mol. The highest BCUT2D eigenvalue weighted by Crippen LogP contribution is 2.21. The molecule has 2 rings (SSSR count). The Morgan fingerprint density at radius 2 is 1.74 bits per heavy atom. The van der Waals surface area contributed by atoms with Gasteiger partial charge in [-0.05, 0) is 41.3 Å². The molecule has 23 heavy (non-hydrogen) atoms. The molecule has 0 radical (unpaired) electrons. The quantitative estimate of drug-likeness (QED) is 0.773. The second-order valence-corrected chi connectivity index (χ2v) is 6.69. The fraction of sp³-hybridized carbons (Fsp3) is 0.316. The summed E-state index contributed by atoms with van der Waals surface area (Å²) in [6.45, 7) is 4.89. The molecule has 2 aromatic carbocycles. The highest BCUT2D eigenvalue weighted by atomic mass is 32.2. The average molecular weight is 329 g/mol. The normalized spacial score (nSPS) is 10.6. The number of methoxy groups -OCH3 is 1. The van der Waals surface area contributed by atoms with Crippen LogP contribution in [0.2, 0.25) is 0 Å². The van der Waals surface area contributed by atoms with Crippen molar-refractivity contribution in [3.63, 3.8) is 0 Å². The third-order valence-electron chi connectivity index (χ3n) is 3.57. The molecule has 0 aliphatic heterocycles. The number of thioether (sulfide) groups is 1. The first-order chi connectivity index (χ1) is 11.1. The highest BCUT2D eigenvalue weighted by molar-refractivity contribution is 8.00. The van der Waals surface area contributed by atoms with Gasteiger partial charge in [0.25, 0.3) is 0 Å². The van der Waals surface area contributed by atoms with E-state index in [2.05, 4.69) is 43.4 Å². The van der Waals surface area contributed by atoms with E-state index in [9.17, 15) is 4.79 Å². The molecule has 1 amide bonds. The standard InChI is InChI=1S/C19H23NO2S/c1-14(2)16-6-10-18(11-7-16)23-13-19(21)20-12-15-4-8-17(22-3)9-5-15/h4-11,14H,12-13H2,1-3H3,(H,20,21). The summed E-state index contributed by atoms with van der Waals surface area (Å²) in [5.41, 5.74) is 2.38. The van der Waals surface area contributed by atoms with Gasteiger partial charge >= 0.3 is 0 Å². The molecule has 0 saturated heterocycles. The lowest BCUT2D eigenvalue weighted by atomic mass is 10.0. The van der Waals surface area contributed by atoms with Crippen LogP contribution in [0.4, 0.5) is 0 Å². The molecule has 0 fully saturated rings. The van der Waals surface area contributed by atoms with Gasteiger partial charge in [0.05, 0.1) is 12.9 Å². The Morgan fingerprint density at radius 3 is 2.30 bits per heavy atom. The lowest BCUT2D eigenvalue weighted by Gasteiger charge is -2.08. The van der Waals surface area contributed by atoms with Crippen LogP contribution in [0.25, 0.3) is 0 Å². The van der Waals surface area contributed by atoms with Gasteiger partial charge in [-0.1, -0.05) is 38.1 Å². The summed E-state index contributed by atoms with van der Waals surface area (Å²) in [6.07, 6.45) is 0. The van der Waals surface area contributed by atoms with Crippen molar-refractivity contribution < 1.29 is 9.53 Å². The predicted octanol–water partition coefficient (Wildman–Crippen LogP) is 4.23. The molecule has 3 nitrogen and oxygen atoms in total. The number of carbonyl (C=O) groups excluding carboxylic acids is 1. The molecular formula is C19H23NO2S. The number of benzene rings is 2. The Morgan fingerprint density at radius 1 is 1.09 bits per heavy atom. The van der Waals surface area contributed by atoms with E-state index in [0.717, 1.165) is 16.2 Å².